The zero-order valence-corrected chi connectivity index (χ0v) is 15.5. The zero-order chi connectivity index (χ0) is 18.2. The molecule has 0 radical (unpaired) electrons. The molecule has 2 heteroatoms. The third-order valence-corrected chi connectivity index (χ3v) is 5.63. The summed E-state index contributed by atoms with van der Waals surface area (Å²) in [7, 11) is 0. The maximum absolute atomic E-state index is 10.7. The predicted molar refractivity (Wildman–Crippen MR) is 103 cm³/mol. The molecule has 2 nitrogen and oxygen atoms in total. The molecule has 0 saturated carbocycles. The number of benzene rings is 2. The summed E-state index contributed by atoms with van der Waals surface area (Å²) in [6.07, 6.45) is 4.31. The molecule has 0 saturated heterocycles. The van der Waals surface area contributed by atoms with Crippen LogP contribution in [0.4, 0.5) is 0 Å². The summed E-state index contributed by atoms with van der Waals surface area (Å²) in [4.78, 5) is 10.5. The Morgan fingerprint density at radius 1 is 1.04 bits per heavy atom. The van der Waals surface area contributed by atoms with Crippen molar-refractivity contribution >= 4 is 5.94 Å². The molecular formula is C23H26O2. The number of hydrogen-bond acceptors (Lipinski definition) is 2. The lowest BCUT2D eigenvalue weighted by molar-refractivity contribution is 0.330. The van der Waals surface area contributed by atoms with E-state index in [2.05, 4.69) is 33.8 Å². The summed E-state index contributed by atoms with van der Waals surface area (Å²) in [6.45, 7) is 9.08. The van der Waals surface area contributed by atoms with Crippen LogP contribution >= 0.6 is 0 Å². The van der Waals surface area contributed by atoms with E-state index in [4.69, 9.17) is 0 Å². The molecule has 0 amide bonds. The van der Waals surface area contributed by atoms with Gasteiger partial charge in [0.15, 0.2) is 0 Å². The van der Waals surface area contributed by atoms with Gasteiger partial charge in [-0.15, -0.1) is 0 Å². The molecule has 0 atom stereocenters. The highest BCUT2D eigenvalue weighted by Crippen LogP contribution is 2.49. The first-order valence-electron chi connectivity index (χ1n) is 8.91. The topological polar surface area (TPSA) is 37.3 Å². The summed E-state index contributed by atoms with van der Waals surface area (Å²) in [5.41, 5.74) is 5.65. The van der Waals surface area contributed by atoms with E-state index in [0.717, 1.165) is 29.5 Å². The van der Waals surface area contributed by atoms with Crippen LogP contribution in [-0.4, -0.2) is 11.0 Å². The molecule has 0 spiro atoms. The third-order valence-electron chi connectivity index (χ3n) is 5.63. The minimum Gasteiger partial charge on any atom is -0.507 e. The van der Waals surface area contributed by atoms with Crippen LogP contribution in [0.3, 0.4) is 0 Å². The fraction of sp³-hybridized carbons (Fsp3) is 0.391. The van der Waals surface area contributed by atoms with Crippen LogP contribution in [-0.2, 0) is 22.0 Å². The van der Waals surface area contributed by atoms with Gasteiger partial charge in [0, 0.05) is 18.1 Å². The minimum atomic E-state index is 0.0808. The van der Waals surface area contributed by atoms with Crippen molar-refractivity contribution in [1.29, 1.82) is 0 Å². The average Bonchev–Trinajstić information content (AvgIpc) is 2.57. The molecule has 1 aliphatic carbocycles. The maximum Gasteiger partial charge on any atom is 0.123 e. The number of hydrogen-bond donors (Lipinski definition) is 1. The Balaban J connectivity index is 2.15. The number of aromatic hydroxyl groups is 1. The van der Waals surface area contributed by atoms with Crippen LogP contribution in [0.1, 0.15) is 57.2 Å². The van der Waals surface area contributed by atoms with Crippen LogP contribution in [0.25, 0.3) is 11.1 Å². The Labute approximate surface area is 150 Å². The number of allylic oxidation sites excluding steroid dienone is 1. The van der Waals surface area contributed by atoms with Crippen molar-refractivity contribution in [2.24, 2.45) is 0 Å². The van der Waals surface area contributed by atoms with Crippen LogP contribution in [0.5, 0.6) is 5.75 Å². The quantitative estimate of drug-likeness (QED) is 0.769. The molecule has 1 aliphatic rings. The van der Waals surface area contributed by atoms with Crippen LogP contribution in [0.2, 0.25) is 0 Å². The van der Waals surface area contributed by atoms with Crippen molar-refractivity contribution in [3.8, 4) is 16.9 Å². The van der Waals surface area contributed by atoms with Gasteiger partial charge in [0.1, 0.15) is 11.7 Å². The van der Waals surface area contributed by atoms with Crippen molar-refractivity contribution in [2.75, 3.05) is 0 Å². The normalized spacial score (nSPS) is 17.4. The Hall–Kier alpha value is -2.31. The summed E-state index contributed by atoms with van der Waals surface area (Å²) in [6, 6.07) is 12.1. The lowest BCUT2D eigenvalue weighted by Gasteiger charge is -2.42. The van der Waals surface area contributed by atoms with Crippen molar-refractivity contribution in [3.05, 3.63) is 59.2 Å². The van der Waals surface area contributed by atoms with Crippen molar-refractivity contribution in [3.63, 3.8) is 0 Å². The first-order valence-corrected chi connectivity index (χ1v) is 8.91. The molecule has 3 rings (SSSR count). The lowest BCUT2D eigenvalue weighted by atomic mass is 9.62. The van der Waals surface area contributed by atoms with Gasteiger partial charge in [-0.05, 0) is 58.1 Å². The van der Waals surface area contributed by atoms with Crippen LogP contribution < -0.4 is 0 Å². The van der Waals surface area contributed by atoms with Gasteiger partial charge in [-0.2, -0.15) is 0 Å². The van der Waals surface area contributed by atoms with Gasteiger partial charge in [0.25, 0.3) is 0 Å². The van der Waals surface area contributed by atoms with Gasteiger partial charge in [-0.25, -0.2) is 4.79 Å². The van der Waals surface area contributed by atoms with E-state index in [9.17, 15) is 9.90 Å². The maximum atomic E-state index is 10.7. The van der Waals surface area contributed by atoms with E-state index in [1.165, 1.54) is 17.2 Å². The first kappa shape index (κ1) is 17.5. The average molecular weight is 334 g/mol. The van der Waals surface area contributed by atoms with E-state index >= 15 is 0 Å². The second-order valence-corrected chi connectivity index (χ2v) is 8.41. The summed E-state index contributed by atoms with van der Waals surface area (Å²) in [5, 5.41) is 10.7. The number of rotatable bonds is 3. The van der Waals surface area contributed by atoms with E-state index in [1.54, 1.807) is 0 Å². The lowest BCUT2D eigenvalue weighted by Crippen LogP contribution is -2.33. The van der Waals surface area contributed by atoms with E-state index in [-0.39, 0.29) is 10.8 Å². The highest BCUT2D eigenvalue weighted by atomic mass is 16.3. The first-order chi connectivity index (χ1) is 11.7. The van der Waals surface area contributed by atoms with Gasteiger partial charge >= 0.3 is 0 Å². The highest BCUT2D eigenvalue weighted by molar-refractivity contribution is 5.73. The predicted octanol–water partition coefficient (Wildman–Crippen LogP) is 5.34. The third kappa shape index (κ3) is 3.27. The van der Waals surface area contributed by atoms with Crippen LogP contribution in [0.15, 0.2) is 42.5 Å². The summed E-state index contributed by atoms with van der Waals surface area (Å²) in [5.74, 6) is 2.15. The highest BCUT2D eigenvalue weighted by Gasteiger charge is 2.37. The van der Waals surface area contributed by atoms with Gasteiger partial charge in [0.2, 0.25) is 0 Å². The second-order valence-electron chi connectivity index (χ2n) is 8.41. The van der Waals surface area contributed by atoms with E-state index in [1.807, 2.05) is 36.3 Å². The van der Waals surface area contributed by atoms with Crippen molar-refractivity contribution in [2.45, 2.75) is 57.8 Å². The van der Waals surface area contributed by atoms with E-state index < -0.39 is 0 Å². The van der Waals surface area contributed by atoms with Crippen molar-refractivity contribution in [1.82, 2.24) is 0 Å². The summed E-state index contributed by atoms with van der Waals surface area (Å²) >= 11 is 0. The van der Waals surface area contributed by atoms with Gasteiger partial charge in [-0.3, -0.25) is 0 Å². The second kappa shape index (κ2) is 6.20. The number of phenolic OH excluding ortho intramolecular Hbond substituents is 1. The molecule has 0 aromatic heterocycles. The Kier molecular flexibility index (Phi) is 4.34. The molecule has 0 aliphatic heterocycles. The zero-order valence-electron chi connectivity index (χ0n) is 15.5. The Morgan fingerprint density at radius 3 is 2.32 bits per heavy atom. The molecule has 25 heavy (non-hydrogen) atoms. The van der Waals surface area contributed by atoms with Crippen molar-refractivity contribution < 1.29 is 9.90 Å². The van der Waals surface area contributed by atoms with Crippen LogP contribution in [0, 0.1) is 0 Å². The molecule has 0 unspecified atom stereocenters. The number of carbonyl (C=O) groups excluding carboxylic acids is 1. The molecule has 2 aromatic carbocycles. The molecule has 1 N–H and O–H groups in total. The summed E-state index contributed by atoms with van der Waals surface area (Å²) < 4.78 is 0. The Bertz CT molecular complexity index is 852. The number of fused-ring (bicyclic) bond motifs is 1. The molecule has 130 valence electrons. The smallest absolute Gasteiger partial charge is 0.123 e. The minimum absolute atomic E-state index is 0.0808. The van der Waals surface area contributed by atoms with Gasteiger partial charge in [0.05, 0.1) is 0 Å². The fourth-order valence-electron chi connectivity index (χ4n) is 3.86. The largest absolute Gasteiger partial charge is 0.507 e. The van der Waals surface area contributed by atoms with Gasteiger partial charge < -0.3 is 5.11 Å². The standard InChI is InChI=1S/C23H26O2/c1-22(2)10-11-23(3,4)20-15-21(25)18(14-19(20)22)17-9-5-7-16(13-17)8-6-12-24/h5-7,9,13-15,25H,8,10-11H2,1-4H3. The van der Waals surface area contributed by atoms with E-state index in [0.29, 0.717) is 12.2 Å². The molecule has 0 bridgehead atoms. The Morgan fingerprint density at radius 2 is 1.68 bits per heavy atom. The fourth-order valence-corrected chi connectivity index (χ4v) is 3.86. The monoisotopic (exact) mass is 334 g/mol. The molecule has 2 aromatic rings. The molecule has 0 heterocycles. The number of phenols is 1. The molecule has 0 fully saturated rings. The molecular weight excluding hydrogens is 308 g/mol. The van der Waals surface area contributed by atoms with Gasteiger partial charge in [-0.1, -0.05) is 52.0 Å². The SMILES string of the molecule is CC1(C)CCC(C)(C)c2cc(-c3cccc(CC=C=O)c3)c(O)cc21.